The lowest BCUT2D eigenvalue weighted by Gasteiger charge is -2.37. The molecule has 1 atom stereocenters. The van der Waals surface area contributed by atoms with Gasteiger partial charge in [0.05, 0.1) is 5.92 Å². The number of carbonyl (C=O) groups excluding carboxylic acids is 1. The molecular formula is C20H25N3O3S2. The average molecular weight is 420 g/mol. The van der Waals surface area contributed by atoms with E-state index in [9.17, 15) is 13.2 Å². The van der Waals surface area contributed by atoms with E-state index in [0.29, 0.717) is 17.3 Å². The van der Waals surface area contributed by atoms with Gasteiger partial charge < -0.3 is 5.32 Å². The van der Waals surface area contributed by atoms with E-state index in [-0.39, 0.29) is 23.8 Å². The first-order valence-corrected chi connectivity index (χ1v) is 12.0. The minimum atomic E-state index is -3.54. The van der Waals surface area contributed by atoms with E-state index in [1.807, 2.05) is 12.1 Å². The molecule has 2 aliphatic rings. The summed E-state index contributed by atoms with van der Waals surface area (Å²) >= 11 is 1.23. The number of hydrogen-bond acceptors (Lipinski definition) is 5. The van der Waals surface area contributed by atoms with Crippen LogP contribution in [-0.4, -0.2) is 36.7 Å². The number of nitrogens with one attached hydrogen (secondary N) is 1. The summed E-state index contributed by atoms with van der Waals surface area (Å²) in [4.78, 5) is 17.2. The summed E-state index contributed by atoms with van der Waals surface area (Å²) in [6.07, 6.45) is 8.52. The van der Waals surface area contributed by atoms with Crippen molar-refractivity contribution in [1.82, 2.24) is 14.6 Å². The van der Waals surface area contributed by atoms with Crippen LogP contribution in [0, 0.1) is 11.3 Å². The lowest BCUT2D eigenvalue weighted by Crippen LogP contribution is -2.42. The molecule has 2 fully saturated rings. The number of pyridine rings is 1. The van der Waals surface area contributed by atoms with E-state index in [4.69, 9.17) is 0 Å². The maximum atomic E-state index is 13.1. The molecule has 0 radical (unpaired) electrons. The largest absolute Gasteiger partial charge is 0.352 e. The molecule has 1 aliphatic heterocycles. The maximum absolute atomic E-state index is 13.1. The van der Waals surface area contributed by atoms with Crippen LogP contribution in [0.4, 0.5) is 0 Å². The first-order valence-electron chi connectivity index (χ1n) is 9.72. The van der Waals surface area contributed by atoms with Crippen molar-refractivity contribution in [2.24, 2.45) is 11.3 Å². The molecule has 1 aliphatic carbocycles. The number of rotatable bonds is 5. The Morgan fingerprint density at radius 3 is 2.75 bits per heavy atom. The summed E-state index contributed by atoms with van der Waals surface area (Å²) in [6, 6.07) is 7.16. The van der Waals surface area contributed by atoms with Gasteiger partial charge in [-0.25, -0.2) is 8.42 Å². The van der Waals surface area contributed by atoms with Crippen LogP contribution in [-0.2, 0) is 21.4 Å². The van der Waals surface area contributed by atoms with Gasteiger partial charge in [-0.1, -0.05) is 31.4 Å². The minimum absolute atomic E-state index is 0.0466. The minimum Gasteiger partial charge on any atom is -0.352 e. The fourth-order valence-corrected chi connectivity index (χ4v) is 7.28. The molecule has 4 rings (SSSR count). The normalized spacial score (nSPS) is 22.4. The molecule has 8 heteroatoms. The molecule has 1 saturated heterocycles. The third-order valence-electron chi connectivity index (χ3n) is 6.06. The lowest BCUT2D eigenvalue weighted by molar-refractivity contribution is -0.128. The van der Waals surface area contributed by atoms with Crippen LogP contribution < -0.4 is 5.32 Å². The lowest BCUT2D eigenvalue weighted by atomic mass is 9.67. The Kier molecular flexibility index (Phi) is 5.53. The van der Waals surface area contributed by atoms with Gasteiger partial charge in [0.1, 0.15) is 4.21 Å². The second-order valence-electron chi connectivity index (χ2n) is 7.78. The highest BCUT2D eigenvalue weighted by Crippen LogP contribution is 2.49. The van der Waals surface area contributed by atoms with Crippen LogP contribution in [0.25, 0.3) is 0 Å². The van der Waals surface area contributed by atoms with Gasteiger partial charge in [0.25, 0.3) is 10.0 Å². The zero-order valence-corrected chi connectivity index (χ0v) is 17.3. The van der Waals surface area contributed by atoms with Crippen molar-refractivity contribution < 1.29 is 13.2 Å². The Bertz CT molecular complexity index is 907. The van der Waals surface area contributed by atoms with Crippen LogP contribution in [0.15, 0.2) is 46.2 Å². The highest BCUT2D eigenvalue weighted by molar-refractivity contribution is 7.91. The van der Waals surface area contributed by atoms with E-state index < -0.39 is 10.0 Å². The van der Waals surface area contributed by atoms with Gasteiger partial charge in [-0.05, 0) is 41.3 Å². The molecule has 150 valence electrons. The summed E-state index contributed by atoms with van der Waals surface area (Å²) in [6.45, 7) is 1.12. The van der Waals surface area contributed by atoms with Crippen molar-refractivity contribution in [1.29, 1.82) is 0 Å². The standard InChI is InChI=1S/C20H25N3O3S2/c24-19(22-13-16-6-4-10-21-12-16)17-14-23(15-20(17)8-2-1-3-9-20)28(25,26)18-7-5-11-27-18/h4-7,10-12,17H,1-3,8-9,13-15H2,(H,22,24). The van der Waals surface area contributed by atoms with Crippen LogP contribution in [0.3, 0.4) is 0 Å². The Hall–Kier alpha value is -1.77. The van der Waals surface area contributed by atoms with Gasteiger partial charge in [0.15, 0.2) is 0 Å². The van der Waals surface area contributed by atoms with Gasteiger partial charge in [-0.3, -0.25) is 9.78 Å². The third kappa shape index (κ3) is 3.73. The SMILES string of the molecule is O=C(NCc1cccnc1)C1CN(S(=O)(=O)c2cccs2)CC12CCCCC2. The molecular weight excluding hydrogens is 394 g/mol. The quantitative estimate of drug-likeness (QED) is 0.808. The first-order chi connectivity index (χ1) is 13.5. The Balaban J connectivity index is 1.54. The van der Waals surface area contributed by atoms with E-state index in [2.05, 4.69) is 10.3 Å². The molecule has 2 aromatic heterocycles. The molecule has 1 saturated carbocycles. The average Bonchev–Trinajstić information content (AvgIpc) is 3.37. The van der Waals surface area contributed by atoms with Crippen molar-refractivity contribution in [2.75, 3.05) is 13.1 Å². The smallest absolute Gasteiger partial charge is 0.252 e. The Morgan fingerprint density at radius 2 is 2.07 bits per heavy atom. The predicted molar refractivity (Wildman–Crippen MR) is 108 cm³/mol. The van der Waals surface area contributed by atoms with E-state index >= 15 is 0 Å². The van der Waals surface area contributed by atoms with Crippen molar-refractivity contribution in [3.8, 4) is 0 Å². The number of carbonyl (C=O) groups is 1. The fourth-order valence-electron chi connectivity index (χ4n) is 4.58. The zero-order chi connectivity index (χ0) is 19.6. The monoisotopic (exact) mass is 419 g/mol. The molecule has 1 N–H and O–H groups in total. The van der Waals surface area contributed by atoms with Crippen molar-refractivity contribution >= 4 is 27.3 Å². The maximum Gasteiger partial charge on any atom is 0.252 e. The van der Waals surface area contributed by atoms with Gasteiger partial charge in [0, 0.05) is 32.0 Å². The molecule has 3 heterocycles. The van der Waals surface area contributed by atoms with E-state index in [0.717, 1.165) is 37.7 Å². The second kappa shape index (κ2) is 7.93. The zero-order valence-electron chi connectivity index (χ0n) is 15.7. The molecule has 1 amide bonds. The summed E-state index contributed by atoms with van der Waals surface area (Å²) in [5.41, 5.74) is 0.691. The summed E-state index contributed by atoms with van der Waals surface area (Å²) in [5, 5.41) is 4.80. The molecule has 28 heavy (non-hydrogen) atoms. The molecule has 0 aromatic carbocycles. The molecule has 1 spiro atoms. The Morgan fingerprint density at radius 1 is 1.25 bits per heavy atom. The highest BCUT2D eigenvalue weighted by atomic mass is 32.2. The van der Waals surface area contributed by atoms with Crippen molar-refractivity contribution in [3.63, 3.8) is 0 Å². The Labute approximate surface area is 170 Å². The van der Waals surface area contributed by atoms with Gasteiger partial charge in [-0.15, -0.1) is 11.3 Å². The second-order valence-corrected chi connectivity index (χ2v) is 10.9. The van der Waals surface area contributed by atoms with Crippen LogP contribution in [0.5, 0.6) is 0 Å². The number of aromatic nitrogens is 1. The van der Waals surface area contributed by atoms with Crippen molar-refractivity contribution in [3.05, 3.63) is 47.6 Å². The summed E-state index contributed by atoms with van der Waals surface area (Å²) in [5.74, 6) is -0.353. The topological polar surface area (TPSA) is 79.4 Å². The number of sulfonamides is 1. The molecule has 6 nitrogen and oxygen atoms in total. The van der Waals surface area contributed by atoms with Gasteiger partial charge in [-0.2, -0.15) is 4.31 Å². The molecule has 1 unspecified atom stereocenters. The first kappa shape index (κ1) is 19.5. The van der Waals surface area contributed by atoms with Crippen LogP contribution in [0.2, 0.25) is 0 Å². The predicted octanol–water partition coefficient (Wildman–Crippen LogP) is 3.03. The third-order valence-corrected chi connectivity index (χ3v) is 9.25. The number of amides is 1. The van der Waals surface area contributed by atoms with E-state index in [1.54, 1.807) is 34.2 Å². The fraction of sp³-hybridized carbons (Fsp3) is 0.500. The van der Waals surface area contributed by atoms with Gasteiger partial charge >= 0.3 is 0 Å². The number of hydrogen-bond donors (Lipinski definition) is 1. The summed E-state index contributed by atoms with van der Waals surface area (Å²) < 4.78 is 28.0. The number of nitrogens with zero attached hydrogens (tertiary/aromatic N) is 2. The number of thiophene rings is 1. The summed E-state index contributed by atoms with van der Waals surface area (Å²) in [7, 11) is -3.54. The molecule has 0 bridgehead atoms. The van der Waals surface area contributed by atoms with Gasteiger partial charge in [0.2, 0.25) is 5.91 Å². The van der Waals surface area contributed by atoms with Crippen LogP contribution >= 0.6 is 11.3 Å². The highest BCUT2D eigenvalue weighted by Gasteiger charge is 2.53. The van der Waals surface area contributed by atoms with Crippen molar-refractivity contribution in [2.45, 2.75) is 42.9 Å². The van der Waals surface area contributed by atoms with Crippen LogP contribution in [0.1, 0.15) is 37.7 Å². The van der Waals surface area contributed by atoms with E-state index in [1.165, 1.54) is 11.3 Å². The molecule has 2 aromatic rings.